The number of hydrogen-bond donors (Lipinski definition) is 4. The zero-order valence-corrected chi connectivity index (χ0v) is 15.1. The highest BCUT2D eigenvalue weighted by molar-refractivity contribution is 7.80. The minimum Gasteiger partial charge on any atom is -0.351 e. The van der Waals surface area contributed by atoms with Crippen LogP contribution in [0.2, 0.25) is 0 Å². The van der Waals surface area contributed by atoms with E-state index in [9.17, 15) is 4.79 Å². The molecule has 0 atom stereocenters. The van der Waals surface area contributed by atoms with Gasteiger partial charge in [-0.15, -0.1) is 12.6 Å². The highest BCUT2D eigenvalue weighted by Gasteiger charge is 2.20. The average molecular weight is 357 g/mol. The fourth-order valence-electron chi connectivity index (χ4n) is 2.94. The molecule has 25 heavy (non-hydrogen) atoms. The third-order valence-electron chi connectivity index (χ3n) is 4.32. The van der Waals surface area contributed by atoms with E-state index in [0.717, 1.165) is 36.3 Å². The summed E-state index contributed by atoms with van der Waals surface area (Å²) >= 11 is 4.24. The highest BCUT2D eigenvalue weighted by Crippen LogP contribution is 2.20. The van der Waals surface area contributed by atoms with Gasteiger partial charge in [-0.25, -0.2) is 9.97 Å². The molecule has 7 heteroatoms. The molecular weight excluding hydrogens is 334 g/mol. The Morgan fingerprint density at radius 2 is 1.84 bits per heavy atom. The van der Waals surface area contributed by atoms with Crippen LogP contribution >= 0.6 is 12.6 Å². The number of amides is 1. The van der Waals surface area contributed by atoms with E-state index in [2.05, 4.69) is 33.2 Å². The molecule has 1 fully saturated rings. The maximum Gasteiger partial charge on any atom is 0.274 e. The largest absolute Gasteiger partial charge is 0.351 e. The summed E-state index contributed by atoms with van der Waals surface area (Å²) in [6.07, 6.45) is 3.99. The topological polar surface area (TPSA) is 92.9 Å². The Morgan fingerprint density at radius 3 is 2.52 bits per heavy atom. The quantitative estimate of drug-likeness (QED) is 0.631. The molecule has 0 unspecified atom stereocenters. The SMILES string of the molecule is Cc1cc(C(=O)Nc2ccc(S)cc2)nc(NC2CCC(N)CC2)n1. The van der Waals surface area contributed by atoms with E-state index >= 15 is 0 Å². The summed E-state index contributed by atoms with van der Waals surface area (Å²) in [4.78, 5) is 22.1. The van der Waals surface area contributed by atoms with Crippen LogP contribution in [0.5, 0.6) is 0 Å². The van der Waals surface area contributed by atoms with Crippen molar-refractivity contribution < 1.29 is 4.79 Å². The molecule has 6 nitrogen and oxygen atoms in total. The maximum atomic E-state index is 12.5. The lowest BCUT2D eigenvalue weighted by Crippen LogP contribution is -2.33. The van der Waals surface area contributed by atoms with E-state index in [1.807, 2.05) is 19.1 Å². The molecule has 4 N–H and O–H groups in total. The molecule has 1 amide bonds. The maximum absolute atomic E-state index is 12.5. The van der Waals surface area contributed by atoms with Gasteiger partial charge in [0.15, 0.2) is 0 Å². The molecule has 0 saturated heterocycles. The molecule has 0 radical (unpaired) electrons. The Bertz CT molecular complexity index is 742. The minimum atomic E-state index is -0.258. The normalized spacial score (nSPS) is 20.1. The van der Waals surface area contributed by atoms with Crippen molar-refractivity contribution >= 4 is 30.2 Å². The Balaban J connectivity index is 1.70. The third-order valence-corrected chi connectivity index (χ3v) is 4.62. The van der Waals surface area contributed by atoms with Crippen LogP contribution in [0.3, 0.4) is 0 Å². The standard InChI is InChI=1S/C18H23N5OS/c1-11-10-16(17(24)21-13-6-8-15(25)9-7-13)23-18(20-11)22-14-4-2-12(19)3-5-14/h6-10,12,14,25H,2-5,19H2,1H3,(H,21,24)(H,20,22,23). The molecule has 1 aromatic carbocycles. The molecule has 1 heterocycles. The van der Waals surface area contributed by atoms with Gasteiger partial charge < -0.3 is 16.4 Å². The number of aromatic nitrogens is 2. The molecule has 0 spiro atoms. The summed E-state index contributed by atoms with van der Waals surface area (Å²) in [5.41, 5.74) is 7.74. The summed E-state index contributed by atoms with van der Waals surface area (Å²) in [6, 6.07) is 9.54. The molecular formula is C18H23N5OS. The van der Waals surface area contributed by atoms with Crippen LogP contribution in [0.15, 0.2) is 35.2 Å². The van der Waals surface area contributed by atoms with E-state index in [1.165, 1.54) is 0 Å². The van der Waals surface area contributed by atoms with Crippen molar-refractivity contribution in [3.8, 4) is 0 Å². The van der Waals surface area contributed by atoms with E-state index < -0.39 is 0 Å². The van der Waals surface area contributed by atoms with Crippen molar-refractivity contribution in [2.24, 2.45) is 5.73 Å². The van der Waals surface area contributed by atoms with E-state index in [4.69, 9.17) is 5.73 Å². The number of aryl methyl sites for hydroxylation is 1. The van der Waals surface area contributed by atoms with Crippen LogP contribution in [-0.4, -0.2) is 28.0 Å². The van der Waals surface area contributed by atoms with Gasteiger partial charge in [0.05, 0.1) is 0 Å². The van der Waals surface area contributed by atoms with E-state index in [-0.39, 0.29) is 5.91 Å². The number of rotatable bonds is 4. The first kappa shape index (κ1) is 17.7. The van der Waals surface area contributed by atoms with Crippen molar-refractivity contribution in [1.29, 1.82) is 0 Å². The predicted octanol–water partition coefficient (Wildman–Crippen LogP) is 3.01. The van der Waals surface area contributed by atoms with Gasteiger partial charge in [-0.1, -0.05) is 0 Å². The van der Waals surface area contributed by atoms with Gasteiger partial charge in [-0.05, 0) is 62.9 Å². The summed E-state index contributed by atoms with van der Waals surface area (Å²) in [5, 5.41) is 6.18. The van der Waals surface area contributed by atoms with E-state index in [1.54, 1.807) is 18.2 Å². The van der Waals surface area contributed by atoms with Crippen LogP contribution in [-0.2, 0) is 0 Å². The number of anilines is 2. The van der Waals surface area contributed by atoms with Crippen LogP contribution in [0.4, 0.5) is 11.6 Å². The Morgan fingerprint density at radius 1 is 1.16 bits per heavy atom. The Kier molecular flexibility index (Phi) is 5.55. The minimum absolute atomic E-state index is 0.258. The van der Waals surface area contributed by atoms with Crippen molar-refractivity contribution in [3.63, 3.8) is 0 Å². The first-order valence-corrected chi connectivity index (χ1v) is 8.92. The lowest BCUT2D eigenvalue weighted by molar-refractivity contribution is 0.102. The summed E-state index contributed by atoms with van der Waals surface area (Å²) in [5.74, 6) is 0.238. The summed E-state index contributed by atoms with van der Waals surface area (Å²) < 4.78 is 0. The number of carbonyl (C=O) groups excluding carboxylic acids is 1. The molecule has 1 aromatic heterocycles. The van der Waals surface area contributed by atoms with Gasteiger partial charge in [-0.3, -0.25) is 4.79 Å². The van der Waals surface area contributed by atoms with Crippen molar-refractivity contribution in [2.45, 2.75) is 49.6 Å². The van der Waals surface area contributed by atoms with Crippen molar-refractivity contribution in [1.82, 2.24) is 9.97 Å². The molecule has 1 aliphatic rings. The second-order valence-electron chi connectivity index (χ2n) is 6.48. The second kappa shape index (κ2) is 7.84. The zero-order chi connectivity index (χ0) is 17.8. The van der Waals surface area contributed by atoms with Crippen LogP contribution in [0, 0.1) is 6.92 Å². The fraction of sp³-hybridized carbons (Fsp3) is 0.389. The van der Waals surface area contributed by atoms with Gasteiger partial charge in [0.2, 0.25) is 5.95 Å². The molecule has 2 aromatic rings. The second-order valence-corrected chi connectivity index (χ2v) is 6.99. The zero-order valence-electron chi connectivity index (χ0n) is 14.2. The van der Waals surface area contributed by atoms with Gasteiger partial charge in [0, 0.05) is 28.4 Å². The Hall–Kier alpha value is -2.12. The number of benzene rings is 1. The number of nitrogens with zero attached hydrogens (tertiary/aromatic N) is 2. The number of thiol groups is 1. The monoisotopic (exact) mass is 357 g/mol. The smallest absolute Gasteiger partial charge is 0.274 e. The van der Waals surface area contributed by atoms with Gasteiger partial charge >= 0.3 is 0 Å². The van der Waals surface area contributed by atoms with Gasteiger partial charge in [-0.2, -0.15) is 0 Å². The van der Waals surface area contributed by atoms with Crippen molar-refractivity contribution in [2.75, 3.05) is 10.6 Å². The summed E-state index contributed by atoms with van der Waals surface area (Å²) in [6.45, 7) is 1.86. The fourth-order valence-corrected chi connectivity index (χ4v) is 3.08. The third kappa shape index (κ3) is 4.93. The first-order chi connectivity index (χ1) is 12.0. The molecule has 3 rings (SSSR count). The van der Waals surface area contributed by atoms with Crippen LogP contribution < -0.4 is 16.4 Å². The molecule has 1 saturated carbocycles. The molecule has 1 aliphatic carbocycles. The predicted molar refractivity (Wildman–Crippen MR) is 102 cm³/mol. The lowest BCUT2D eigenvalue weighted by Gasteiger charge is -2.26. The molecule has 0 bridgehead atoms. The van der Waals surface area contributed by atoms with Gasteiger partial charge in [0.25, 0.3) is 5.91 Å². The average Bonchev–Trinajstić information content (AvgIpc) is 2.58. The number of nitrogens with two attached hydrogens (primary N) is 1. The molecule has 0 aliphatic heterocycles. The molecule has 132 valence electrons. The number of hydrogen-bond acceptors (Lipinski definition) is 6. The first-order valence-electron chi connectivity index (χ1n) is 8.48. The lowest BCUT2D eigenvalue weighted by atomic mass is 9.92. The Labute approximate surface area is 153 Å². The highest BCUT2D eigenvalue weighted by atomic mass is 32.1. The number of nitrogens with one attached hydrogen (secondary N) is 2. The summed E-state index contributed by atoms with van der Waals surface area (Å²) in [7, 11) is 0. The van der Waals surface area contributed by atoms with E-state index in [0.29, 0.717) is 29.4 Å². The van der Waals surface area contributed by atoms with Crippen molar-refractivity contribution in [3.05, 3.63) is 41.7 Å². The van der Waals surface area contributed by atoms with Gasteiger partial charge in [0.1, 0.15) is 5.69 Å². The van der Waals surface area contributed by atoms with Crippen LogP contribution in [0.25, 0.3) is 0 Å². The number of carbonyl (C=O) groups is 1. The van der Waals surface area contributed by atoms with Crippen LogP contribution in [0.1, 0.15) is 41.9 Å².